The summed E-state index contributed by atoms with van der Waals surface area (Å²) >= 11 is 0. The summed E-state index contributed by atoms with van der Waals surface area (Å²) in [6.07, 6.45) is 0.698. The summed E-state index contributed by atoms with van der Waals surface area (Å²) in [5.41, 5.74) is 0. The minimum absolute atomic E-state index is 0.329. The fourth-order valence-electron chi connectivity index (χ4n) is 1.39. The monoisotopic (exact) mass is 232 g/mol. The summed E-state index contributed by atoms with van der Waals surface area (Å²) in [6, 6.07) is 5.37. The van der Waals surface area contributed by atoms with Gasteiger partial charge in [0.05, 0.1) is 6.54 Å². The van der Waals surface area contributed by atoms with Crippen LogP contribution in [0.1, 0.15) is 23.2 Å². The lowest BCUT2D eigenvalue weighted by atomic mass is 10.4. The molecule has 2 heterocycles. The molecule has 6 heteroatoms. The molecule has 0 saturated heterocycles. The van der Waals surface area contributed by atoms with Gasteiger partial charge in [0.25, 0.3) is 0 Å². The van der Waals surface area contributed by atoms with Crippen LogP contribution >= 0.6 is 0 Å². The molecule has 17 heavy (non-hydrogen) atoms. The van der Waals surface area contributed by atoms with Gasteiger partial charge in [-0.1, -0.05) is 5.16 Å². The number of nitriles is 1. The topological polar surface area (TPSA) is 87.9 Å². The van der Waals surface area contributed by atoms with Gasteiger partial charge in [0.2, 0.25) is 11.7 Å². The first-order valence-electron chi connectivity index (χ1n) is 5.26. The molecule has 0 spiro atoms. The van der Waals surface area contributed by atoms with Crippen molar-refractivity contribution in [3.05, 3.63) is 35.4 Å². The molecule has 0 aromatic carbocycles. The summed E-state index contributed by atoms with van der Waals surface area (Å²) in [5, 5.41) is 15.5. The van der Waals surface area contributed by atoms with Gasteiger partial charge < -0.3 is 14.3 Å². The van der Waals surface area contributed by atoms with E-state index < -0.39 is 0 Å². The Balaban J connectivity index is 1.71. The first kappa shape index (κ1) is 11.4. The Morgan fingerprint density at radius 3 is 3.00 bits per heavy atom. The van der Waals surface area contributed by atoms with Crippen LogP contribution in [0.25, 0.3) is 0 Å². The summed E-state index contributed by atoms with van der Waals surface area (Å²) in [7, 11) is 0. The molecule has 1 N–H and O–H groups in total. The smallest absolute Gasteiger partial charge is 0.223 e. The van der Waals surface area contributed by atoms with Crippen molar-refractivity contribution < 1.29 is 8.94 Å². The molecular formula is C11H12N4O2. The average molecular weight is 232 g/mol. The molecular weight excluding hydrogens is 220 g/mol. The number of hydrogen-bond acceptors (Lipinski definition) is 6. The lowest BCUT2D eigenvalue weighted by Crippen LogP contribution is -2.16. The van der Waals surface area contributed by atoms with E-state index in [0.29, 0.717) is 30.4 Å². The summed E-state index contributed by atoms with van der Waals surface area (Å²) in [4.78, 5) is 4.09. The normalized spacial score (nSPS) is 10.4. The van der Waals surface area contributed by atoms with Crippen molar-refractivity contribution in [3.8, 4) is 6.07 Å². The standard InChI is InChI=1S/C11H12N4O2/c1-8-14-11(15-17-8)4-5-13-7-10-3-2-9(6-12)16-10/h2-3,13H,4-5,7H2,1H3. The van der Waals surface area contributed by atoms with E-state index in [9.17, 15) is 0 Å². The number of aromatic nitrogens is 2. The van der Waals surface area contributed by atoms with Crippen LogP contribution in [0.2, 0.25) is 0 Å². The zero-order chi connectivity index (χ0) is 12.1. The number of nitrogens with zero attached hydrogens (tertiary/aromatic N) is 3. The van der Waals surface area contributed by atoms with Gasteiger partial charge in [0, 0.05) is 19.9 Å². The maximum absolute atomic E-state index is 8.58. The van der Waals surface area contributed by atoms with Crippen LogP contribution in [0, 0.1) is 18.3 Å². The van der Waals surface area contributed by atoms with Crippen LogP contribution < -0.4 is 5.32 Å². The predicted molar refractivity (Wildman–Crippen MR) is 57.9 cm³/mol. The van der Waals surface area contributed by atoms with Crippen LogP contribution in [0.4, 0.5) is 0 Å². The van der Waals surface area contributed by atoms with E-state index in [4.69, 9.17) is 14.2 Å². The third-order valence-electron chi connectivity index (χ3n) is 2.17. The number of aryl methyl sites for hydroxylation is 1. The number of rotatable bonds is 5. The summed E-state index contributed by atoms with van der Waals surface area (Å²) in [6.45, 7) is 3.07. The molecule has 2 aromatic heterocycles. The molecule has 6 nitrogen and oxygen atoms in total. The highest BCUT2D eigenvalue weighted by Crippen LogP contribution is 2.05. The van der Waals surface area contributed by atoms with Gasteiger partial charge in [-0.05, 0) is 12.1 Å². The number of hydrogen-bond donors (Lipinski definition) is 1. The van der Waals surface area contributed by atoms with Gasteiger partial charge in [0.1, 0.15) is 11.8 Å². The van der Waals surface area contributed by atoms with Gasteiger partial charge in [-0.2, -0.15) is 10.2 Å². The molecule has 0 saturated carbocycles. The van der Waals surface area contributed by atoms with E-state index in [2.05, 4.69) is 15.5 Å². The fourth-order valence-corrected chi connectivity index (χ4v) is 1.39. The molecule has 2 rings (SSSR count). The van der Waals surface area contributed by atoms with Gasteiger partial charge >= 0.3 is 0 Å². The van der Waals surface area contributed by atoms with Crippen LogP contribution in [0.15, 0.2) is 21.1 Å². The molecule has 0 aliphatic heterocycles. The van der Waals surface area contributed by atoms with Crippen LogP contribution in [-0.2, 0) is 13.0 Å². The fraction of sp³-hybridized carbons (Fsp3) is 0.364. The zero-order valence-electron chi connectivity index (χ0n) is 9.43. The SMILES string of the molecule is Cc1nc(CCNCc2ccc(C#N)o2)no1. The van der Waals surface area contributed by atoms with Crippen LogP contribution in [-0.4, -0.2) is 16.7 Å². The Morgan fingerprint density at radius 2 is 2.35 bits per heavy atom. The Morgan fingerprint density at radius 1 is 1.47 bits per heavy atom. The van der Waals surface area contributed by atoms with E-state index in [0.717, 1.165) is 12.3 Å². The zero-order valence-corrected chi connectivity index (χ0v) is 9.43. The third-order valence-corrected chi connectivity index (χ3v) is 2.17. The maximum Gasteiger partial charge on any atom is 0.223 e. The molecule has 88 valence electrons. The second kappa shape index (κ2) is 5.27. The predicted octanol–water partition coefficient (Wildman–Crippen LogP) is 1.18. The van der Waals surface area contributed by atoms with Gasteiger partial charge in [-0.25, -0.2) is 0 Å². The lowest BCUT2D eigenvalue weighted by molar-refractivity contribution is 0.386. The molecule has 0 radical (unpaired) electrons. The quantitative estimate of drug-likeness (QED) is 0.778. The molecule has 0 aliphatic rings. The first-order valence-corrected chi connectivity index (χ1v) is 5.26. The van der Waals surface area contributed by atoms with E-state index in [-0.39, 0.29) is 0 Å². The molecule has 0 fully saturated rings. The third kappa shape index (κ3) is 3.16. The van der Waals surface area contributed by atoms with Crippen molar-refractivity contribution in [2.45, 2.75) is 19.9 Å². The molecule has 0 unspecified atom stereocenters. The van der Waals surface area contributed by atoms with Crippen LogP contribution in [0.5, 0.6) is 0 Å². The van der Waals surface area contributed by atoms with Gasteiger partial charge in [-0.15, -0.1) is 0 Å². The minimum Gasteiger partial charge on any atom is -0.449 e. The van der Waals surface area contributed by atoms with E-state index >= 15 is 0 Å². The first-order chi connectivity index (χ1) is 8.28. The number of furan rings is 1. The highest BCUT2D eigenvalue weighted by molar-refractivity contribution is 5.18. The van der Waals surface area contributed by atoms with Crippen molar-refractivity contribution in [3.63, 3.8) is 0 Å². The molecule has 0 bridgehead atoms. The Hall–Kier alpha value is -2.13. The average Bonchev–Trinajstić information content (AvgIpc) is 2.93. The Labute approximate surface area is 98.2 Å². The van der Waals surface area contributed by atoms with Crippen molar-refractivity contribution in [1.82, 2.24) is 15.5 Å². The lowest BCUT2D eigenvalue weighted by Gasteiger charge is -1.99. The second-order valence-corrected chi connectivity index (χ2v) is 3.53. The highest BCUT2D eigenvalue weighted by Gasteiger charge is 2.03. The van der Waals surface area contributed by atoms with Crippen molar-refractivity contribution in [2.24, 2.45) is 0 Å². The largest absolute Gasteiger partial charge is 0.449 e. The molecule has 0 atom stereocenters. The Bertz CT molecular complexity index is 524. The summed E-state index contributed by atoms with van der Waals surface area (Å²) < 4.78 is 10.1. The minimum atomic E-state index is 0.329. The van der Waals surface area contributed by atoms with Gasteiger partial charge in [0.15, 0.2) is 5.82 Å². The maximum atomic E-state index is 8.58. The number of nitrogens with one attached hydrogen (secondary N) is 1. The molecule has 0 aliphatic carbocycles. The van der Waals surface area contributed by atoms with Crippen molar-refractivity contribution in [1.29, 1.82) is 5.26 Å². The second-order valence-electron chi connectivity index (χ2n) is 3.53. The van der Waals surface area contributed by atoms with Gasteiger partial charge in [-0.3, -0.25) is 0 Å². The van der Waals surface area contributed by atoms with E-state index in [1.165, 1.54) is 0 Å². The van der Waals surface area contributed by atoms with Crippen molar-refractivity contribution in [2.75, 3.05) is 6.54 Å². The van der Waals surface area contributed by atoms with Crippen molar-refractivity contribution >= 4 is 0 Å². The highest BCUT2D eigenvalue weighted by atomic mass is 16.5. The van der Waals surface area contributed by atoms with E-state index in [1.807, 2.05) is 6.07 Å². The Kier molecular flexibility index (Phi) is 3.52. The van der Waals surface area contributed by atoms with E-state index in [1.54, 1.807) is 19.1 Å². The molecule has 2 aromatic rings. The van der Waals surface area contributed by atoms with Crippen LogP contribution in [0.3, 0.4) is 0 Å². The summed E-state index contributed by atoms with van der Waals surface area (Å²) in [5.74, 6) is 2.33. The molecule has 0 amide bonds.